The zero-order valence-electron chi connectivity index (χ0n) is 13.5. The summed E-state index contributed by atoms with van der Waals surface area (Å²) in [7, 11) is 0. The number of likely N-dealkylation sites (tertiary alicyclic amines) is 1. The molecule has 1 fully saturated rings. The van der Waals surface area contributed by atoms with Crippen LogP contribution >= 0.6 is 11.6 Å². The quantitative estimate of drug-likeness (QED) is 0.833. The second-order valence-corrected chi connectivity index (χ2v) is 6.47. The van der Waals surface area contributed by atoms with E-state index in [1.165, 1.54) is 6.20 Å². The number of piperidine rings is 1. The van der Waals surface area contributed by atoms with E-state index in [1.54, 1.807) is 24.3 Å². The third-order valence-electron chi connectivity index (χ3n) is 4.06. The fourth-order valence-corrected chi connectivity index (χ4v) is 3.07. The standard InChI is InChI=1S/C17H18ClF3N4/c18-13-5-4-6-14(9-13)23-16-22-10-12(15(24-16)17(19,20)21)11-25-7-2-1-3-8-25/h4-6,9-10H,1-3,7-8,11H2,(H,22,23,24). The van der Waals surface area contributed by atoms with Crippen molar-refractivity contribution in [3.05, 3.63) is 46.7 Å². The van der Waals surface area contributed by atoms with Crippen molar-refractivity contribution in [2.45, 2.75) is 32.0 Å². The van der Waals surface area contributed by atoms with Gasteiger partial charge in [0.05, 0.1) is 0 Å². The maximum absolute atomic E-state index is 13.4. The van der Waals surface area contributed by atoms with Crippen molar-refractivity contribution in [1.29, 1.82) is 0 Å². The Morgan fingerprint density at radius 3 is 2.60 bits per heavy atom. The van der Waals surface area contributed by atoms with Crippen molar-refractivity contribution in [3.8, 4) is 0 Å². The third kappa shape index (κ3) is 4.83. The van der Waals surface area contributed by atoms with Crippen LogP contribution in [0.3, 0.4) is 0 Å². The summed E-state index contributed by atoms with van der Waals surface area (Å²) in [5.41, 5.74) is -0.256. The first-order valence-corrected chi connectivity index (χ1v) is 8.48. The molecule has 0 bridgehead atoms. The van der Waals surface area contributed by atoms with Crippen molar-refractivity contribution < 1.29 is 13.2 Å². The van der Waals surface area contributed by atoms with Gasteiger partial charge in [-0.25, -0.2) is 9.97 Å². The van der Waals surface area contributed by atoms with E-state index in [1.807, 2.05) is 4.90 Å². The molecule has 134 valence electrons. The molecule has 1 aliphatic heterocycles. The van der Waals surface area contributed by atoms with Gasteiger partial charge in [0.2, 0.25) is 5.95 Å². The Hall–Kier alpha value is -1.86. The Morgan fingerprint density at radius 2 is 1.92 bits per heavy atom. The average Bonchev–Trinajstić information content (AvgIpc) is 2.56. The minimum Gasteiger partial charge on any atom is -0.324 e. The molecule has 3 rings (SSSR count). The van der Waals surface area contributed by atoms with Crippen molar-refractivity contribution in [2.24, 2.45) is 0 Å². The van der Waals surface area contributed by atoms with Crippen LogP contribution in [0.1, 0.15) is 30.5 Å². The number of aromatic nitrogens is 2. The van der Waals surface area contributed by atoms with E-state index in [0.29, 0.717) is 10.7 Å². The van der Waals surface area contributed by atoms with Crippen LogP contribution in [0, 0.1) is 0 Å². The molecule has 4 nitrogen and oxygen atoms in total. The first kappa shape index (κ1) is 17.9. The van der Waals surface area contributed by atoms with Crippen LogP contribution in [-0.2, 0) is 12.7 Å². The third-order valence-corrected chi connectivity index (χ3v) is 4.29. The average molecular weight is 371 g/mol. The summed E-state index contributed by atoms with van der Waals surface area (Å²) in [6, 6.07) is 6.65. The number of nitrogens with zero attached hydrogens (tertiary/aromatic N) is 3. The molecule has 2 heterocycles. The number of nitrogens with one attached hydrogen (secondary N) is 1. The second-order valence-electron chi connectivity index (χ2n) is 6.04. The summed E-state index contributed by atoms with van der Waals surface area (Å²) in [6.07, 6.45) is -0.120. The first-order chi connectivity index (χ1) is 11.9. The Bertz CT molecular complexity index is 730. The van der Waals surface area contributed by atoms with Crippen LogP contribution in [0.5, 0.6) is 0 Å². The van der Waals surface area contributed by atoms with Crippen LogP contribution < -0.4 is 5.32 Å². The van der Waals surface area contributed by atoms with Gasteiger partial charge in [-0.05, 0) is 44.1 Å². The van der Waals surface area contributed by atoms with Crippen LogP contribution in [0.15, 0.2) is 30.5 Å². The molecule has 0 unspecified atom stereocenters. The van der Waals surface area contributed by atoms with Crippen LogP contribution in [0.25, 0.3) is 0 Å². The Morgan fingerprint density at radius 1 is 1.16 bits per heavy atom. The highest BCUT2D eigenvalue weighted by molar-refractivity contribution is 6.30. The number of alkyl halides is 3. The number of halogens is 4. The minimum absolute atomic E-state index is 0.100. The SMILES string of the molecule is FC(F)(F)c1nc(Nc2cccc(Cl)c2)ncc1CN1CCCCC1. The molecular formula is C17H18ClF3N4. The van der Waals surface area contributed by atoms with Crippen molar-refractivity contribution >= 4 is 23.2 Å². The lowest BCUT2D eigenvalue weighted by Gasteiger charge is -2.27. The number of hydrogen-bond donors (Lipinski definition) is 1. The molecule has 8 heteroatoms. The van der Waals surface area contributed by atoms with Crippen LogP contribution in [-0.4, -0.2) is 28.0 Å². The maximum atomic E-state index is 13.4. The number of anilines is 2. The van der Waals surface area contributed by atoms with Crippen molar-refractivity contribution in [3.63, 3.8) is 0 Å². The van der Waals surface area contributed by atoms with Gasteiger partial charge in [-0.3, -0.25) is 4.90 Å². The van der Waals surface area contributed by atoms with Gasteiger partial charge in [0.25, 0.3) is 0 Å². The topological polar surface area (TPSA) is 41.1 Å². The Kier molecular flexibility index (Phi) is 5.44. The summed E-state index contributed by atoms with van der Waals surface area (Å²) in [5, 5.41) is 3.24. The molecule has 0 atom stereocenters. The molecule has 2 aromatic rings. The van der Waals surface area contributed by atoms with E-state index in [9.17, 15) is 13.2 Å². The highest BCUT2D eigenvalue weighted by Gasteiger charge is 2.36. The second kappa shape index (κ2) is 7.58. The van der Waals surface area contributed by atoms with E-state index < -0.39 is 11.9 Å². The highest BCUT2D eigenvalue weighted by atomic mass is 35.5. The summed E-state index contributed by atoms with van der Waals surface area (Å²) in [4.78, 5) is 9.78. The Balaban J connectivity index is 1.84. The minimum atomic E-state index is -4.53. The van der Waals surface area contributed by atoms with Gasteiger partial charge in [-0.15, -0.1) is 0 Å². The molecule has 1 aromatic heterocycles. The zero-order chi connectivity index (χ0) is 17.9. The van der Waals surface area contributed by atoms with E-state index in [2.05, 4.69) is 15.3 Å². The monoisotopic (exact) mass is 370 g/mol. The molecule has 1 saturated heterocycles. The van der Waals surface area contributed by atoms with Gasteiger partial charge >= 0.3 is 6.18 Å². The zero-order valence-corrected chi connectivity index (χ0v) is 14.2. The predicted octanol–water partition coefficient (Wildman–Crippen LogP) is 4.88. The van der Waals surface area contributed by atoms with Gasteiger partial charge in [-0.2, -0.15) is 13.2 Å². The molecule has 0 radical (unpaired) electrons. The number of hydrogen-bond acceptors (Lipinski definition) is 4. The van der Waals surface area contributed by atoms with Gasteiger partial charge in [0.15, 0.2) is 5.69 Å². The molecule has 0 spiro atoms. The molecule has 0 aliphatic carbocycles. The van der Waals surface area contributed by atoms with E-state index >= 15 is 0 Å². The lowest BCUT2D eigenvalue weighted by atomic mass is 10.1. The Labute approximate surface area is 149 Å². The van der Waals surface area contributed by atoms with Crippen molar-refractivity contribution in [2.75, 3.05) is 18.4 Å². The van der Waals surface area contributed by atoms with Crippen LogP contribution in [0.4, 0.5) is 24.8 Å². The maximum Gasteiger partial charge on any atom is 0.433 e. The summed E-state index contributed by atoms with van der Waals surface area (Å²) in [6.45, 7) is 1.83. The summed E-state index contributed by atoms with van der Waals surface area (Å²) < 4.78 is 40.3. The van der Waals surface area contributed by atoms with Gasteiger partial charge < -0.3 is 5.32 Å². The van der Waals surface area contributed by atoms with Gasteiger partial charge in [0, 0.05) is 29.0 Å². The number of benzene rings is 1. The van der Waals surface area contributed by atoms with E-state index in [4.69, 9.17) is 11.6 Å². The molecule has 1 aromatic carbocycles. The van der Waals surface area contributed by atoms with E-state index in [0.717, 1.165) is 32.4 Å². The summed E-state index contributed by atoms with van der Waals surface area (Å²) >= 11 is 5.88. The predicted molar refractivity (Wildman–Crippen MR) is 90.9 cm³/mol. The first-order valence-electron chi connectivity index (χ1n) is 8.10. The largest absolute Gasteiger partial charge is 0.433 e. The number of rotatable bonds is 4. The summed E-state index contributed by atoms with van der Waals surface area (Å²) in [5.74, 6) is -0.100. The van der Waals surface area contributed by atoms with E-state index in [-0.39, 0.29) is 18.1 Å². The van der Waals surface area contributed by atoms with Gasteiger partial charge in [0.1, 0.15) is 0 Å². The molecule has 25 heavy (non-hydrogen) atoms. The van der Waals surface area contributed by atoms with Crippen LogP contribution in [0.2, 0.25) is 5.02 Å². The lowest BCUT2D eigenvalue weighted by Crippen LogP contribution is -2.30. The molecular weight excluding hydrogens is 353 g/mol. The molecule has 1 N–H and O–H groups in total. The molecule has 0 amide bonds. The molecule has 0 saturated carbocycles. The fraction of sp³-hybridized carbons (Fsp3) is 0.412. The lowest BCUT2D eigenvalue weighted by molar-refractivity contribution is -0.142. The smallest absolute Gasteiger partial charge is 0.324 e. The highest BCUT2D eigenvalue weighted by Crippen LogP contribution is 2.32. The van der Waals surface area contributed by atoms with Crippen molar-refractivity contribution in [1.82, 2.24) is 14.9 Å². The molecule has 1 aliphatic rings. The fourth-order valence-electron chi connectivity index (χ4n) is 2.88. The van der Waals surface area contributed by atoms with Gasteiger partial charge in [-0.1, -0.05) is 24.1 Å². The normalized spacial score (nSPS) is 16.0.